The van der Waals surface area contributed by atoms with Crippen molar-refractivity contribution in [1.82, 2.24) is 10.6 Å². The normalized spacial score (nSPS) is 10.7. The minimum atomic E-state index is -0.196. The van der Waals surface area contributed by atoms with Crippen molar-refractivity contribution in [2.45, 2.75) is 26.3 Å². The molecule has 0 fully saturated rings. The molecule has 7 nitrogen and oxygen atoms in total. The fraction of sp³-hybridized carbons (Fsp3) is 0.226. The molecule has 0 unspecified atom stereocenters. The number of carbonyl (C=O) groups excluding carboxylic acids is 3. The van der Waals surface area contributed by atoms with E-state index in [0.717, 1.165) is 33.9 Å². The molecule has 0 aliphatic carbocycles. The van der Waals surface area contributed by atoms with E-state index in [1.807, 2.05) is 83.7 Å². The quantitative estimate of drug-likeness (QED) is 0.194. The lowest BCUT2D eigenvalue weighted by atomic mass is 10.0. The maximum Gasteiger partial charge on any atom is 0.264 e. The van der Waals surface area contributed by atoms with E-state index in [1.165, 1.54) is 0 Å². The highest BCUT2D eigenvalue weighted by Gasteiger charge is 2.22. The first kappa shape index (κ1) is 28.0. The second-order valence-electron chi connectivity index (χ2n) is 9.16. The van der Waals surface area contributed by atoms with Crippen molar-refractivity contribution < 1.29 is 19.0 Å². The summed E-state index contributed by atoms with van der Waals surface area (Å²) in [6.45, 7) is 3.68. The summed E-state index contributed by atoms with van der Waals surface area (Å²) < 4.78 is 2.80. The van der Waals surface area contributed by atoms with Gasteiger partial charge in [-0.2, -0.15) is 0 Å². The molecule has 1 aromatic heterocycles. The number of para-hydroxylation sites is 1. The molecule has 3 aromatic carbocycles. The third-order valence-corrected chi connectivity index (χ3v) is 6.69. The van der Waals surface area contributed by atoms with Crippen LogP contribution in [0.2, 0.25) is 0 Å². The molecular weight excluding hydrogens is 556 g/mol. The van der Waals surface area contributed by atoms with Crippen molar-refractivity contribution in [2.24, 2.45) is 0 Å². The third kappa shape index (κ3) is 7.51. The van der Waals surface area contributed by atoms with Crippen LogP contribution in [0.15, 0.2) is 95.7 Å². The molecule has 39 heavy (non-hydrogen) atoms. The number of nitrogens with zero attached hydrogens (tertiary/aromatic N) is 2. The minimum Gasteiger partial charge on any atom is -0.354 e. The fourth-order valence-electron chi connectivity index (χ4n) is 4.41. The van der Waals surface area contributed by atoms with Crippen molar-refractivity contribution in [3.8, 4) is 0 Å². The number of nitrogens with one attached hydrogen (secondary N) is 2. The molecule has 8 heteroatoms. The topological polar surface area (TPSA) is 82.4 Å². The zero-order valence-corrected chi connectivity index (χ0v) is 23.5. The van der Waals surface area contributed by atoms with Crippen LogP contribution in [0.5, 0.6) is 0 Å². The number of anilines is 1. The zero-order chi connectivity index (χ0) is 27.6. The maximum atomic E-state index is 13.5. The predicted molar refractivity (Wildman–Crippen MR) is 157 cm³/mol. The molecule has 3 amide bonds. The molecule has 2 N–H and O–H groups in total. The Morgan fingerprint density at radius 2 is 1.59 bits per heavy atom. The monoisotopic (exact) mass is 587 g/mol. The van der Waals surface area contributed by atoms with Crippen molar-refractivity contribution in [3.63, 3.8) is 0 Å². The van der Waals surface area contributed by atoms with Crippen LogP contribution in [0.25, 0.3) is 10.8 Å². The minimum absolute atomic E-state index is 0.126. The second-order valence-corrected chi connectivity index (χ2v) is 10.1. The zero-order valence-electron chi connectivity index (χ0n) is 21.9. The van der Waals surface area contributed by atoms with E-state index in [1.54, 1.807) is 17.0 Å². The Bertz CT molecular complexity index is 1450. The first-order valence-corrected chi connectivity index (χ1v) is 13.8. The molecule has 0 atom stereocenters. The van der Waals surface area contributed by atoms with Gasteiger partial charge >= 0.3 is 0 Å². The van der Waals surface area contributed by atoms with Crippen LogP contribution >= 0.6 is 15.9 Å². The van der Waals surface area contributed by atoms with Crippen LogP contribution in [-0.4, -0.2) is 37.4 Å². The van der Waals surface area contributed by atoms with E-state index >= 15 is 0 Å². The van der Waals surface area contributed by atoms with Crippen molar-refractivity contribution >= 4 is 50.1 Å². The van der Waals surface area contributed by atoms with Crippen LogP contribution in [-0.2, 0) is 11.3 Å². The summed E-state index contributed by atoms with van der Waals surface area (Å²) in [6, 6.07) is 24.5. The Labute approximate surface area is 237 Å². The van der Waals surface area contributed by atoms with Gasteiger partial charge in [-0.25, -0.2) is 4.57 Å². The molecule has 0 bridgehead atoms. The van der Waals surface area contributed by atoms with E-state index in [4.69, 9.17) is 0 Å². The van der Waals surface area contributed by atoms with Crippen LogP contribution in [0.3, 0.4) is 0 Å². The summed E-state index contributed by atoms with van der Waals surface area (Å²) in [5.74, 6) is -0.558. The number of aryl methyl sites for hydroxylation is 1. The number of pyridine rings is 1. The number of aromatic nitrogens is 1. The lowest BCUT2D eigenvalue weighted by Crippen LogP contribution is -2.39. The van der Waals surface area contributed by atoms with Gasteiger partial charge in [0, 0.05) is 43.7 Å². The van der Waals surface area contributed by atoms with Gasteiger partial charge in [0.2, 0.25) is 5.91 Å². The molecule has 4 aromatic rings. The van der Waals surface area contributed by atoms with Gasteiger partial charge in [-0.3, -0.25) is 14.4 Å². The molecule has 0 aliphatic rings. The highest BCUT2D eigenvalue weighted by molar-refractivity contribution is 9.10. The highest BCUT2D eigenvalue weighted by Crippen LogP contribution is 2.20. The van der Waals surface area contributed by atoms with Gasteiger partial charge < -0.3 is 15.5 Å². The summed E-state index contributed by atoms with van der Waals surface area (Å²) >= 11 is 3.51. The number of rotatable bonds is 11. The average molecular weight is 589 g/mol. The smallest absolute Gasteiger partial charge is 0.264 e. The highest BCUT2D eigenvalue weighted by atomic mass is 79.9. The van der Waals surface area contributed by atoms with Crippen LogP contribution in [0, 0.1) is 0 Å². The van der Waals surface area contributed by atoms with Gasteiger partial charge in [0.1, 0.15) is 12.1 Å². The van der Waals surface area contributed by atoms with E-state index in [-0.39, 0.29) is 37.2 Å². The number of fused-ring (bicyclic) bond motifs is 1. The van der Waals surface area contributed by atoms with Crippen molar-refractivity contribution in [1.29, 1.82) is 0 Å². The molecular formula is C31H32BrN4O3+. The number of benzene rings is 3. The lowest BCUT2D eigenvalue weighted by Gasteiger charge is -2.22. The van der Waals surface area contributed by atoms with E-state index in [9.17, 15) is 14.4 Å². The first-order chi connectivity index (χ1) is 19.0. The average Bonchev–Trinajstić information content (AvgIpc) is 2.95. The van der Waals surface area contributed by atoms with Gasteiger partial charge in [0.05, 0.1) is 4.47 Å². The number of amides is 3. The van der Waals surface area contributed by atoms with E-state index < -0.39 is 0 Å². The van der Waals surface area contributed by atoms with Gasteiger partial charge in [-0.1, -0.05) is 61.5 Å². The molecule has 0 radical (unpaired) electrons. The largest absolute Gasteiger partial charge is 0.354 e. The standard InChI is InChI=1S/C31H31BrN4O3/c1-2-18-35-21-24(20-25(32)22-35)31(39)36(26-11-4-3-5-12-26)19-15-29(37)33-16-17-34-30(38)28-14-8-10-23-9-6-7-13-27(23)28/h3-14,20-22H,2,15-19H2,1H3,(H-,33,34,37,38)/p+1. The number of hydrogen-bond donors (Lipinski definition) is 2. The molecule has 0 spiro atoms. The van der Waals surface area contributed by atoms with Crippen molar-refractivity contribution in [2.75, 3.05) is 24.5 Å². The van der Waals surface area contributed by atoms with Gasteiger partial charge in [-0.05, 0) is 51.0 Å². The Morgan fingerprint density at radius 3 is 2.38 bits per heavy atom. The third-order valence-electron chi connectivity index (χ3n) is 6.26. The molecule has 0 saturated heterocycles. The summed E-state index contributed by atoms with van der Waals surface area (Å²) in [4.78, 5) is 40.5. The Kier molecular flexibility index (Phi) is 9.80. The summed E-state index contributed by atoms with van der Waals surface area (Å²) in [7, 11) is 0. The fourth-order valence-corrected chi connectivity index (χ4v) is 4.92. The molecule has 200 valence electrons. The predicted octanol–water partition coefficient (Wildman–Crippen LogP) is 4.88. The molecule has 1 heterocycles. The molecule has 0 aliphatic heterocycles. The van der Waals surface area contributed by atoms with Gasteiger partial charge in [0.15, 0.2) is 12.4 Å². The number of carbonyl (C=O) groups is 3. The first-order valence-electron chi connectivity index (χ1n) is 13.1. The Morgan fingerprint density at radius 1 is 0.872 bits per heavy atom. The van der Waals surface area contributed by atoms with Gasteiger partial charge in [-0.15, -0.1) is 0 Å². The van der Waals surface area contributed by atoms with Crippen LogP contribution in [0.1, 0.15) is 40.5 Å². The lowest BCUT2D eigenvalue weighted by molar-refractivity contribution is -0.697. The van der Waals surface area contributed by atoms with Crippen LogP contribution in [0.4, 0.5) is 5.69 Å². The van der Waals surface area contributed by atoms with E-state index in [2.05, 4.69) is 33.5 Å². The van der Waals surface area contributed by atoms with Gasteiger partial charge in [0.25, 0.3) is 11.8 Å². The summed E-state index contributed by atoms with van der Waals surface area (Å²) in [6.07, 6.45) is 4.85. The van der Waals surface area contributed by atoms with Crippen LogP contribution < -0.4 is 20.1 Å². The summed E-state index contributed by atoms with van der Waals surface area (Å²) in [5.41, 5.74) is 1.86. The maximum absolute atomic E-state index is 13.5. The molecule has 0 saturated carbocycles. The van der Waals surface area contributed by atoms with Crippen molar-refractivity contribution in [3.05, 3.63) is 107 Å². The SMILES string of the molecule is CCC[n+]1cc(Br)cc(C(=O)N(CCC(=O)NCCNC(=O)c2cccc3ccccc23)c2ccccc2)c1. The molecule has 4 rings (SSSR count). The summed E-state index contributed by atoms with van der Waals surface area (Å²) in [5, 5.41) is 7.60. The Hall–Kier alpha value is -4.04. The van der Waals surface area contributed by atoms with E-state index in [0.29, 0.717) is 17.7 Å². The Balaban J connectivity index is 1.33. The number of halogens is 1. The second kappa shape index (κ2) is 13.7. The number of hydrogen-bond acceptors (Lipinski definition) is 3.